The van der Waals surface area contributed by atoms with E-state index in [-0.39, 0.29) is 18.4 Å². The number of nitrogens with two attached hydrogens (primary N) is 1. The van der Waals surface area contributed by atoms with Crippen molar-refractivity contribution < 1.29 is 14.9 Å². The molecule has 0 aliphatic rings. The lowest BCUT2D eigenvalue weighted by Crippen LogP contribution is -2.89. The van der Waals surface area contributed by atoms with Crippen LogP contribution in [0.4, 0.5) is 11.4 Å². The van der Waals surface area contributed by atoms with Gasteiger partial charge in [0, 0.05) is 16.9 Å². The van der Waals surface area contributed by atoms with Crippen LogP contribution in [0.1, 0.15) is 39.4 Å². The molecule has 0 aromatic heterocycles. The quantitative estimate of drug-likeness (QED) is 0.528. The van der Waals surface area contributed by atoms with Gasteiger partial charge in [0.15, 0.2) is 12.6 Å². The zero-order chi connectivity index (χ0) is 23.3. The molecule has 0 saturated heterocycles. The Kier molecular flexibility index (Phi) is 7.44. The van der Waals surface area contributed by atoms with E-state index in [2.05, 4.69) is 22.8 Å². The first-order chi connectivity index (χ1) is 15.2. The fourth-order valence-electron chi connectivity index (χ4n) is 3.93. The summed E-state index contributed by atoms with van der Waals surface area (Å²) in [5, 5.41) is 7.84. The van der Waals surface area contributed by atoms with E-state index >= 15 is 0 Å². The van der Waals surface area contributed by atoms with Crippen LogP contribution in [0.5, 0.6) is 0 Å². The van der Waals surface area contributed by atoms with Crippen molar-refractivity contribution in [1.29, 1.82) is 0 Å². The lowest BCUT2D eigenvalue weighted by atomic mass is 10.0. The third-order valence-corrected chi connectivity index (χ3v) is 5.57. The lowest BCUT2D eigenvalue weighted by Gasteiger charge is -2.18. The second kappa shape index (κ2) is 10.2. The van der Waals surface area contributed by atoms with Gasteiger partial charge in [0.2, 0.25) is 0 Å². The zero-order valence-electron chi connectivity index (χ0n) is 19.5. The van der Waals surface area contributed by atoms with Crippen molar-refractivity contribution in [3.8, 4) is 0 Å². The lowest BCUT2D eigenvalue weighted by molar-refractivity contribution is -0.671. The number of carbonyl (C=O) groups excluding carboxylic acids is 2. The monoisotopic (exact) mass is 430 g/mol. The van der Waals surface area contributed by atoms with Gasteiger partial charge in [-0.25, -0.2) is 0 Å². The zero-order valence-corrected chi connectivity index (χ0v) is 19.5. The molecule has 2 amide bonds. The minimum Gasteiger partial charge on any atom is -0.324 e. The van der Waals surface area contributed by atoms with Crippen LogP contribution in [0.2, 0.25) is 0 Å². The molecule has 0 saturated carbocycles. The first-order valence-electron chi connectivity index (χ1n) is 10.9. The second-order valence-corrected chi connectivity index (χ2v) is 8.46. The molecule has 0 unspecified atom stereocenters. The first kappa shape index (κ1) is 23.2. The number of hydrogen-bond acceptors (Lipinski definition) is 2. The number of benzene rings is 3. The first-order valence-corrected chi connectivity index (χ1v) is 10.9. The minimum atomic E-state index is -0.540. The topological polar surface area (TPSA) is 74.8 Å². The Morgan fingerprint density at radius 2 is 1.44 bits per heavy atom. The predicted molar refractivity (Wildman–Crippen MR) is 130 cm³/mol. The largest absolute Gasteiger partial charge is 0.324 e. The Bertz CT molecular complexity index is 1100. The van der Waals surface area contributed by atoms with Crippen LogP contribution in [0.25, 0.3) is 0 Å². The molecule has 0 aliphatic heterocycles. The minimum absolute atomic E-state index is 0.131. The van der Waals surface area contributed by atoms with E-state index in [1.165, 1.54) is 0 Å². The molecule has 5 nitrogen and oxygen atoms in total. The molecular formula is C27H32N3O2+. The Morgan fingerprint density at radius 1 is 0.781 bits per heavy atom. The van der Waals surface area contributed by atoms with Gasteiger partial charge in [-0.15, -0.1) is 0 Å². The van der Waals surface area contributed by atoms with Gasteiger partial charge in [-0.05, 0) is 62.9 Å². The summed E-state index contributed by atoms with van der Waals surface area (Å²) in [6.45, 7) is 10.1. The van der Waals surface area contributed by atoms with Crippen LogP contribution < -0.4 is 16.0 Å². The van der Waals surface area contributed by atoms with E-state index in [0.717, 1.165) is 44.8 Å². The Balaban J connectivity index is 1.75. The summed E-state index contributed by atoms with van der Waals surface area (Å²) in [5.41, 5.74) is 7.78. The van der Waals surface area contributed by atoms with Gasteiger partial charge in [-0.3, -0.25) is 9.59 Å². The Hall–Kier alpha value is -3.44. The number of hydrogen-bond donors (Lipinski definition) is 3. The van der Waals surface area contributed by atoms with Gasteiger partial charge in [0.25, 0.3) is 11.8 Å². The van der Waals surface area contributed by atoms with Crippen molar-refractivity contribution in [2.75, 3.05) is 17.2 Å². The molecule has 3 rings (SSSR count). The highest BCUT2D eigenvalue weighted by Gasteiger charge is 2.26. The second-order valence-electron chi connectivity index (χ2n) is 8.46. The number of amides is 2. The van der Waals surface area contributed by atoms with Gasteiger partial charge in [-0.2, -0.15) is 0 Å². The molecule has 166 valence electrons. The van der Waals surface area contributed by atoms with Crippen molar-refractivity contribution in [1.82, 2.24) is 0 Å². The third-order valence-electron chi connectivity index (χ3n) is 5.57. The highest BCUT2D eigenvalue weighted by Crippen LogP contribution is 2.22. The van der Waals surface area contributed by atoms with Crippen LogP contribution in [0, 0.1) is 34.6 Å². The summed E-state index contributed by atoms with van der Waals surface area (Å²) < 4.78 is 0. The number of quaternary nitrogens is 1. The summed E-state index contributed by atoms with van der Waals surface area (Å²) >= 11 is 0. The van der Waals surface area contributed by atoms with Gasteiger partial charge in [0.05, 0.1) is 0 Å². The van der Waals surface area contributed by atoms with E-state index in [1.807, 2.05) is 83.1 Å². The van der Waals surface area contributed by atoms with Crippen molar-refractivity contribution in [2.24, 2.45) is 0 Å². The maximum atomic E-state index is 13.2. The summed E-state index contributed by atoms with van der Waals surface area (Å²) in [5.74, 6) is -0.291. The molecule has 0 heterocycles. The summed E-state index contributed by atoms with van der Waals surface area (Å²) in [7, 11) is 0. The maximum absolute atomic E-state index is 13.2. The summed E-state index contributed by atoms with van der Waals surface area (Å²) in [6, 6.07) is 19.1. The fraction of sp³-hybridized carbons (Fsp3) is 0.259. The van der Waals surface area contributed by atoms with Crippen LogP contribution in [-0.4, -0.2) is 18.4 Å². The predicted octanol–water partition coefficient (Wildman–Crippen LogP) is 4.11. The van der Waals surface area contributed by atoms with E-state index in [1.54, 1.807) is 5.32 Å². The normalized spacial score (nSPS) is 11.7. The summed E-state index contributed by atoms with van der Waals surface area (Å²) in [4.78, 5) is 26.0. The summed E-state index contributed by atoms with van der Waals surface area (Å²) in [6.07, 6.45) is 0. The average molecular weight is 431 g/mol. The van der Waals surface area contributed by atoms with Crippen molar-refractivity contribution in [3.63, 3.8) is 0 Å². The molecule has 3 aromatic rings. The average Bonchev–Trinajstić information content (AvgIpc) is 2.74. The fourth-order valence-corrected chi connectivity index (χ4v) is 3.93. The number of anilines is 2. The molecule has 0 fully saturated rings. The van der Waals surface area contributed by atoms with Gasteiger partial charge in [0.1, 0.15) is 0 Å². The van der Waals surface area contributed by atoms with Crippen LogP contribution in [0.3, 0.4) is 0 Å². The SMILES string of the molecule is Cc1cc(C)c(NC(=O)C[NH2+][C@H](C(=O)Nc2cc(C)ccc2C)c2ccccc2)c(C)c1. The highest BCUT2D eigenvalue weighted by molar-refractivity contribution is 5.96. The number of aryl methyl sites for hydroxylation is 5. The molecule has 32 heavy (non-hydrogen) atoms. The van der Waals surface area contributed by atoms with Gasteiger partial charge in [-0.1, -0.05) is 60.2 Å². The van der Waals surface area contributed by atoms with Crippen LogP contribution in [0.15, 0.2) is 60.7 Å². The molecule has 4 N–H and O–H groups in total. The van der Waals surface area contributed by atoms with Crippen molar-refractivity contribution in [2.45, 2.75) is 40.7 Å². The molecule has 3 aromatic carbocycles. The van der Waals surface area contributed by atoms with Crippen molar-refractivity contribution >= 4 is 23.2 Å². The standard InChI is InChI=1S/C27H31N3O2/c1-17-11-12-19(3)23(15-17)29-27(32)26(22-9-7-6-8-10-22)28-16-24(31)30-25-20(4)13-18(2)14-21(25)5/h6-15,26,28H,16H2,1-5H3,(H,29,32)(H,30,31)/p+1/t26-/m0/s1. The number of nitrogens with one attached hydrogen (secondary N) is 2. The number of rotatable bonds is 7. The van der Waals surface area contributed by atoms with E-state index < -0.39 is 6.04 Å². The molecule has 5 heteroatoms. The molecule has 0 spiro atoms. The highest BCUT2D eigenvalue weighted by atomic mass is 16.2. The van der Waals surface area contributed by atoms with Crippen LogP contribution >= 0.6 is 0 Å². The van der Waals surface area contributed by atoms with Crippen LogP contribution in [-0.2, 0) is 9.59 Å². The van der Waals surface area contributed by atoms with Gasteiger partial charge < -0.3 is 16.0 Å². The van der Waals surface area contributed by atoms with E-state index in [9.17, 15) is 9.59 Å². The van der Waals surface area contributed by atoms with Gasteiger partial charge >= 0.3 is 0 Å². The smallest absolute Gasteiger partial charge is 0.287 e. The third kappa shape index (κ3) is 5.83. The number of carbonyl (C=O) groups is 2. The molecule has 0 aliphatic carbocycles. The van der Waals surface area contributed by atoms with Crippen molar-refractivity contribution in [3.05, 3.63) is 94.0 Å². The Morgan fingerprint density at radius 3 is 2.09 bits per heavy atom. The molecule has 0 radical (unpaired) electrons. The van der Waals surface area contributed by atoms with E-state index in [4.69, 9.17) is 0 Å². The van der Waals surface area contributed by atoms with E-state index in [0.29, 0.717) is 0 Å². The molecule has 0 bridgehead atoms. The maximum Gasteiger partial charge on any atom is 0.287 e. The molecular weight excluding hydrogens is 398 g/mol. The molecule has 1 atom stereocenters. The Labute approximate surface area is 190 Å².